The van der Waals surface area contributed by atoms with Crippen LogP contribution in [0.25, 0.3) is 0 Å². The Balaban J connectivity index is 1.68. The van der Waals surface area contributed by atoms with Gasteiger partial charge in [0.25, 0.3) is 6.23 Å². The topological polar surface area (TPSA) is 51.7 Å². The molecule has 0 spiro atoms. The summed E-state index contributed by atoms with van der Waals surface area (Å²) in [6.07, 6.45) is 1.97. The molecule has 2 aromatic rings. The van der Waals surface area contributed by atoms with Crippen molar-refractivity contribution in [2.75, 3.05) is 13.1 Å². The minimum absolute atomic E-state index is 0.190. The standard InChI is InChI=1S/C19H21FN2O3/c1-2-15-11-16(12-21-17(15)20)25-18(22-9-6-10-22)19(23)24-13-14-7-4-3-5-8-14/h3-5,7-8,11-12,18H,2,6,9-10,13H2,1H3. The van der Waals surface area contributed by atoms with Gasteiger partial charge in [0.15, 0.2) is 0 Å². The second kappa shape index (κ2) is 8.07. The van der Waals surface area contributed by atoms with Gasteiger partial charge in [-0.05, 0) is 24.5 Å². The van der Waals surface area contributed by atoms with E-state index in [0.717, 1.165) is 25.1 Å². The van der Waals surface area contributed by atoms with Crippen molar-refractivity contribution >= 4 is 5.97 Å². The Morgan fingerprint density at radius 2 is 2.08 bits per heavy atom. The molecule has 2 heterocycles. The molecule has 1 saturated heterocycles. The third kappa shape index (κ3) is 4.33. The van der Waals surface area contributed by atoms with Crippen molar-refractivity contribution in [3.05, 3.63) is 59.7 Å². The van der Waals surface area contributed by atoms with Crippen LogP contribution in [-0.4, -0.2) is 35.2 Å². The molecule has 0 N–H and O–H groups in total. The predicted octanol–water partition coefficient (Wildman–Crippen LogP) is 2.94. The fourth-order valence-electron chi connectivity index (χ4n) is 2.56. The Hall–Kier alpha value is -2.47. The lowest BCUT2D eigenvalue weighted by atomic mass is 10.2. The fourth-order valence-corrected chi connectivity index (χ4v) is 2.56. The zero-order valence-electron chi connectivity index (χ0n) is 14.2. The van der Waals surface area contributed by atoms with Gasteiger partial charge in [-0.1, -0.05) is 37.3 Å². The van der Waals surface area contributed by atoms with E-state index in [9.17, 15) is 9.18 Å². The van der Waals surface area contributed by atoms with E-state index in [4.69, 9.17) is 9.47 Å². The Morgan fingerprint density at radius 3 is 2.72 bits per heavy atom. The summed E-state index contributed by atoms with van der Waals surface area (Å²) in [6.45, 7) is 3.56. The number of likely N-dealkylation sites (tertiary alicyclic amines) is 1. The van der Waals surface area contributed by atoms with Crippen LogP contribution in [0.1, 0.15) is 24.5 Å². The first-order valence-electron chi connectivity index (χ1n) is 8.43. The highest BCUT2D eigenvalue weighted by molar-refractivity contribution is 5.74. The molecule has 1 aliphatic rings. The molecule has 1 aliphatic heterocycles. The van der Waals surface area contributed by atoms with Crippen LogP contribution in [0.2, 0.25) is 0 Å². The van der Waals surface area contributed by atoms with Crippen molar-refractivity contribution < 1.29 is 18.7 Å². The van der Waals surface area contributed by atoms with Crippen molar-refractivity contribution in [1.82, 2.24) is 9.88 Å². The summed E-state index contributed by atoms with van der Waals surface area (Å²) in [6, 6.07) is 11.1. The second-order valence-electron chi connectivity index (χ2n) is 5.93. The molecule has 0 amide bonds. The van der Waals surface area contributed by atoms with Crippen molar-refractivity contribution in [1.29, 1.82) is 0 Å². The van der Waals surface area contributed by atoms with Gasteiger partial charge in [0.05, 0.1) is 6.20 Å². The molecule has 3 rings (SSSR count). The van der Waals surface area contributed by atoms with Crippen molar-refractivity contribution in [2.24, 2.45) is 0 Å². The van der Waals surface area contributed by atoms with E-state index in [1.165, 1.54) is 6.20 Å². The van der Waals surface area contributed by atoms with Gasteiger partial charge in [-0.25, -0.2) is 9.78 Å². The number of hydrogen-bond donors (Lipinski definition) is 0. The number of rotatable bonds is 7. The number of benzene rings is 1. The van der Waals surface area contributed by atoms with Gasteiger partial charge in [-0.15, -0.1) is 0 Å². The maximum Gasteiger partial charge on any atom is 0.363 e. The van der Waals surface area contributed by atoms with E-state index < -0.39 is 18.1 Å². The first-order valence-corrected chi connectivity index (χ1v) is 8.43. The number of nitrogens with zero attached hydrogens (tertiary/aromatic N) is 2. The van der Waals surface area contributed by atoms with Crippen molar-refractivity contribution in [3.63, 3.8) is 0 Å². The van der Waals surface area contributed by atoms with Crippen LogP contribution >= 0.6 is 0 Å². The van der Waals surface area contributed by atoms with Crippen LogP contribution in [0.3, 0.4) is 0 Å². The van der Waals surface area contributed by atoms with Gasteiger partial charge in [-0.2, -0.15) is 4.39 Å². The lowest BCUT2D eigenvalue weighted by molar-refractivity contribution is -0.166. The highest BCUT2D eigenvalue weighted by atomic mass is 19.1. The molecule has 1 atom stereocenters. The number of carbonyl (C=O) groups is 1. The van der Waals surface area contributed by atoms with Gasteiger partial charge in [0, 0.05) is 18.7 Å². The third-order valence-electron chi connectivity index (χ3n) is 4.16. The molecule has 6 heteroatoms. The number of hydrogen-bond acceptors (Lipinski definition) is 5. The molecule has 1 aromatic carbocycles. The molecule has 0 bridgehead atoms. The van der Waals surface area contributed by atoms with Crippen LogP contribution in [0.5, 0.6) is 5.75 Å². The number of aromatic nitrogens is 1. The monoisotopic (exact) mass is 344 g/mol. The number of ether oxygens (including phenoxy) is 2. The van der Waals surface area contributed by atoms with E-state index in [1.807, 2.05) is 42.2 Å². The number of esters is 1. The number of carbonyl (C=O) groups excluding carboxylic acids is 1. The first kappa shape index (κ1) is 17.4. The quantitative estimate of drug-likeness (QED) is 0.571. The molecule has 25 heavy (non-hydrogen) atoms. The van der Waals surface area contributed by atoms with Gasteiger partial charge in [-0.3, -0.25) is 4.90 Å². The van der Waals surface area contributed by atoms with Crippen molar-refractivity contribution in [2.45, 2.75) is 32.6 Å². The molecule has 5 nitrogen and oxygen atoms in total. The second-order valence-corrected chi connectivity index (χ2v) is 5.93. The zero-order chi connectivity index (χ0) is 17.6. The molecular weight excluding hydrogens is 323 g/mol. The summed E-state index contributed by atoms with van der Waals surface area (Å²) in [5.41, 5.74) is 1.37. The first-order chi connectivity index (χ1) is 12.2. The van der Waals surface area contributed by atoms with E-state index >= 15 is 0 Å². The lowest BCUT2D eigenvalue weighted by Crippen LogP contribution is -2.52. The van der Waals surface area contributed by atoms with Crippen LogP contribution in [0.4, 0.5) is 4.39 Å². The molecule has 1 aromatic heterocycles. The number of halogens is 1. The van der Waals surface area contributed by atoms with Crippen LogP contribution in [0, 0.1) is 5.95 Å². The van der Waals surface area contributed by atoms with Crippen LogP contribution < -0.4 is 4.74 Å². The van der Waals surface area contributed by atoms with Crippen molar-refractivity contribution in [3.8, 4) is 5.75 Å². The zero-order valence-corrected chi connectivity index (χ0v) is 14.2. The lowest BCUT2D eigenvalue weighted by Gasteiger charge is -2.36. The normalized spacial score (nSPS) is 15.3. The van der Waals surface area contributed by atoms with Crippen LogP contribution in [0.15, 0.2) is 42.6 Å². The Labute approximate surface area is 146 Å². The molecule has 0 aliphatic carbocycles. The molecular formula is C19H21FN2O3. The Bertz CT molecular complexity index is 720. The number of pyridine rings is 1. The highest BCUT2D eigenvalue weighted by Gasteiger charge is 2.33. The smallest absolute Gasteiger partial charge is 0.363 e. The Kier molecular flexibility index (Phi) is 5.60. The average molecular weight is 344 g/mol. The van der Waals surface area contributed by atoms with Gasteiger partial charge < -0.3 is 9.47 Å². The summed E-state index contributed by atoms with van der Waals surface area (Å²) < 4.78 is 24.7. The van der Waals surface area contributed by atoms with E-state index in [1.54, 1.807) is 6.07 Å². The largest absolute Gasteiger partial charge is 0.462 e. The SMILES string of the molecule is CCc1cc(OC(C(=O)OCc2ccccc2)N2CCC2)cnc1F. The summed E-state index contributed by atoms with van der Waals surface area (Å²) in [5.74, 6) is -0.597. The van der Waals surface area contributed by atoms with E-state index in [0.29, 0.717) is 17.7 Å². The molecule has 1 fully saturated rings. The summed E-state index contributed by atoms with van der Waals surface area (Å²) >= 11 is 0. The van der Waals surface area contributed by atoms with E-state index in [-0.39, 0.29) is 6.61 Å². The summed E-state index contributed by atoms with van der Waals surface area (Å²) in [5, 5.41) is 0. The maximum atomic E-state index is 13.5. The maximum absolute atomic E-state index is 13.5. The van der Waals surface area contributed by atoms with E-state index in [2.05, 4.69) is 4.98 Å². The molecule has 1 unspecified atom stereocenters. The minimum atomic E-state index is -0.838. The fraction of sp³-hybridized carbons (Fsp3) is 0.368. The van der Waals surface area contributed by atoms with Gasteiger partial charge in [0.1, 0.15) is 12.4 Å². The molecule has 132 valence electrons. The Morgan fingerprint density at radius 1 is 1.32 bits per heavy atom. The average Bonchev–Trinajstić information content (AvgIpc) is 2.60. The highest BCUT2D eigenvalue weighted by Crippen LogP contribution is 2.21. The number of aryl methyl sites for hydroxylation is 1. The summed E-state index contributed by atoms with van der Waals surface area (Å²) in [4.78, 5) is 18.1. The molecule has 0 radical (unpaired) electrons. The van der Waals surface area contributed by atoms with Crippen LogP contribution in [-0.2, 0) is 22.6 Å². The van der Waals surface area contributed by atoms with Gasteiger partial charge in [0.2, 0.25) is 5.95 Å². The molecule has 0 saturated carbocycles. The van der Waals surface area contributed by atoms with Gasteiger partial charge >= 0.3 is 5.97 Å². The summed E-state index contributed by atoms with van der Waals surface area (Å²) in [7, 11) is 0. The minimum Gasteiger partial charge on any atom is -0.462 e. The predicted molar refractivity (Wildman–Crippen MR) is 90.4 cm³/mol. The third-order valence-corrected chi connectivity index (χ3v) is 4.16.